The van der Waals surface area contributed by atoms with E-state index in [2.05, 4.69) is 33.1 Å². The summed E-state index contributed by atoms with van der Waals surface area (Å²) < 4.78 is 0. The van der Waals surface area contributed by atoms with Crippen LogP contribution in [0.5, 0.6) is 0 Å². The van der Waals surface area contributed by atoms with Gasteiger partial charge in [-0.3, -0.25) is 0 Å². The van der Waals surface area contributed by atoms with Gasteiger partial charge in [0.05, 0.1) is 5.94 Å². The van der Waals surface area contributed by atoms with E-state index in [0.717, 1.165) is 35.5 Å². The lowest BCUT2D eigenvalue weighted by Crippen LogP contribution is -2.62. The Bertz CT molecular complexity index is 537. The molecular formula is C28H53NOS. The highest BCUT2D eigenvalue weighted by Crippen LogP contribution is 2.66. The summed E-state index contributed by atoms with van der Waals surface area (Å²) in [4.78, 5) is 0. The monoisotopic (exact) mass is 451 g/mol. The second-order valence-electron chi connectivity index (χ2n) is 10.8. The Kier molecular flexibility index (Phi) is 11.5. The SMILES string of the molecule is C=C(C)CCCC1CCC2C1CCC1C3CCCCC3CC(N)C21CC.CC.OCS. The van der Waals surface area contributed by atoms with E-state index in [1.807, 2.05) is 13.8 Å². The van der Waals surface area contributed by atoms with Crippen molar-refractivity contribution in [3.63, 3.8) is 0 Å². The van der Waals surface area contributed by atoms with E-state index in [1.165, 1.54) is 89.0 Å². The summed E-state index contributed by atoms with van der Waals surface area (Å²) in [6.45, 7) is 12.8. The second-order valence-corrected chi connectivity index (χ2v) is 11.1. The van der Waals surface area contributed by atoms with Gasteiger partial charge in [0.1, 0.15) is 0 Å². The molecule has 8 atom stereocenters. The number of aliphatic hydroxyl groups is 1. The zero-order chi connectivity index (χ0) is 23.0. The molecule has 3 heteroatoms. The molecule has 0 spiro atoms. The van der Waals surface area contributed by atoms with Crippen LogP contribution in [-0.2, 0) is 0 Å². The lowest BCUT2D eigenvalue weighted by atomic mass is 9.43. The smallest absolute Gasteiger partial charge is 0.0857 e. The van der Waals surface area contributed by atoms with Gasteiger partial charge in [0.25, 0.3) is 0 Å². The summed E-state index contributed by atoms with van der Waals surface area (Å²) in [6.07, 6.45) is 18.7. The van der Waals surface area contributed by atoms with Gasteiger partial charge in [-0.2, -0.15) is 12.6 Å². The number of hydrogen-bond acceptors (Lipinski definition) is 3. The van der Waals surface area contributed by atoms with Crippen LogP contribution in [0.2, 0.25) is 0 Å². The predicted molar refractivity (Wildman–Crippen MR) is 139 cm³/mol. The third-order valence-corrected chi connectivity index (χ3v) is 9.69. The molecule has 0 bridgehead atoms. The average Bonchev–Trinajstić information content (AvgIpc) is 3.19. The highest BCUT2D eigenvalue weighted by atomic mass is 32.1. The fourth-order valence-corrected chi connectivity index (χ4v) is 8.75. The van der Waals surface area contributed by atoms with E-state index in [-0.39, 0.29) is 5.94 Å². The first-order valence-electron chi connectivity index (χ1n) is 13.6. The molecule has 8 unspecified atom stereocenters. The van der Waals surface area contributed by atoms with Gasteiger partial charge in [-0.05, 0) is 112 Å². The van der Waals surface area contributed by atoms with Crippen LogP contribution in [0, 0.1) is 40.9 Å². The molecule has 182 valence electrons. The lowest BCUT2D eigenvalue weighted by Gasteiger charge is -2.62. The predicted octanol–water partition coefficient (Wildman–Crippen LogP) is 7.61. The van der Waals surface area contributed by atoms with Crippen LogP contribution >= 0.6 is 12.6 Å². The number of hydrogen-bond donors (Lipinski definition) is 3. The van der Waals surface area contributed by atoms with Gasteiger partial charge in [-0.1, -0.05) is 45.6 Å². The summed E-state index contributed by atoms with van der Waals surface area (Å²) >= 11 is 3.34. The fraction of sp³-hybridized carbons (Fsp3) is 0.929. The van der Waals surface area contributed by atoms with Crippen LogP contribution < -0.4 is 5.73 Å². The third-order valence-electron chi connectivity index (χ3n) is 9.69. The largest absolute Gasteiger partial charge is 0.386 e. The van der Waals surface area contributed by atoms with Crippen molar-refractivity contribution in [3.8, 4) is 0 Å². The molecule has 0 radical (unpaired) electrons. The van der Waals surface area contributed by atoms with Gasteiger partial charge in [0.2, 0.25) is 0 Å². The van der Waals surface area contributed by atoms with Crippen LogP contribution in [0.25, 0.3) is 0 Å². The number of nitrogens with two attached hydrogens (primary N) is 1. The molecule has 0 aromatic carbocycles. The van der Waals surface area contributed by atoms with Gasteiger partial charge in [0, 0.05) is 6.04 Å². The molecule has 0 aromatic rings. The van der Waals surface area contributed by atoms with Crippen molar-refractivity contribution >= 4 is 12.6 Å². The van der Waals surface area contributed by atoms with Gasteiger partial charge in [-0.15, -0.1) is 6.58 Å². The number of allylic oxidation sites excluding steroid dienone is 1. The highest BCUT2D eigenvalue weighted by Gasteiger charge is 2.61. The molecule has 0 aliphatic heterocycles. The molecule has 4 aliphatic rings. The first-order valence-corrected chi connectivity index (χ1v) is 14.2. The average molecular weight is 452 g/mol. The zero-order valence-corrected chi connectivity index (χ0v) is 22.0. The van der Waals surface area contributed by atoms with Crippen molar-refractivity contribution in [3.05, 3.63) is 12.2 Å². The molecule has 0 amide bonds. The lowest BCUT2D eigenvalue weighted by molar-refractivity contribution is -0.120. The van der Waals surface area contributed by atoms with Gasteiger partial charge in [-0.25, -0.2) is 0 Å². The van der Waals surface area contributed by atoms with E-state index < -0.39 is 0 Å². The number of aliphatic hydroxyl groups excluding tert-OH is 1. The summed E-state index contributed by atoms with van der Waals surface area (Å²) in [5, 5.41) is 7.43. The molecule has 2 nitrogen and oxygen atoms in total. The molecule has 3 N–H and O–H groups in total. The Morgan fingerprint density at radius 3 is 2.29 bits per heavy atom. The fourth-order valence-electron chi connectivity index (χ4n) is 8.75. The molecular weight excluding hydrogens is 398 g/mol. The summed E-state index contributed by atoms with van der Waals surface area (Å²) in [6, 6.07) is 0.485. The molecule has 4 fully saturated rings. The van der Waals surface area contributed by atoms with Crippen LogP contribution in [0.3, 0.4) is 0 Å². The number of fused-ring (bicyclic) bond motifs is 5. The highest BCUT2D eigenvalue weighted by molar-refractivity contribution is 7.80. The third kappa shape index (κ3) is 5.75. The molecule has 31 heavy (non-hydrogen) atoms. The van der Waals surface area contributed by atoms with Crippen molar-refractivity contribution in [1.82, 2.24) is 0 Å². The maximum Gasteiger partial charge on any atom is 0.0857 e. The van der Waals surface area contributed by atoms with E-state index in [4.69, 9.17) is 10.8 Å². The molecule has 4 aliphatic carbocycles. The normalized spacial score (nSPS) is 40.8. The van der Waals surface area contributed by atoms with Crippen LogP contribution in [0.1, 0.15) is 111 Å². The quantitative estimate of drug-likeness (QED) is 0.229. The second kappa shape index (κ2) is 13.0. The van der Waals surface area contributed by atoms with Crippen LogP contribution in [0.15, 0.2) is 12.2 Å². The maximum absolute atomic E-state index is 7.43. The molecule has 0 heterocycles. The molecule has 4 saturated carbocycles. The topological polar surface area (TPSA) is 46.2 Å². The minimum absolute atomic E-state index is 0.0556. The summed E-state index contributed by atoms with van der Waals surface area (Å²) in [7, 11) is 0. The minimum atomic E-state index is -0.0556. The molecule has 4 rings (SSSR count). The van der Waals surface area contributed by atoms with E-state index in [0.29, 0.717) is 11.5 Å². The van der Waals surface area contributed by atoms with Crippen molar-refractivity contribution in [2.75, 3.05) is 5.94 Å². The summed E-state index contributed by atoms with van der Waals surface area (Å²) in [5.74, 6) is 5.80. The van der Waals surface area contributed by atoms with Gasteiger partial charge < -0.3 is 10.8 Å². The van der Waals surface area contributed by atoms with Crippen molar-refractivity contribution < 1.29 is 5.11 Å². The van der Waals surface area contributed by atoms with Gasteiger partial charge in [0.15, 0.2) is 0 Å². The van der Waals surface area contributed by atoms with Crippen molar-refractivity contribution in [2.45, 2.75) is 117 Å². The number of thiol groups is 1. The molecule has 0 saturated heterocycles. The van der Waals surface area contributed by atoms with Crippen LogP contribution in [0.4, 0.5) is 0 Å². The first-order chi connectivity index (χ1) is 15.0. The first kappa shape index (κ1) is 27.3. The zero-order valence-electron chi connectivity index (χ0n) is 21.1. The van der Waals surface area contributed by atoms with E-state index in [9.17, 15) is 0 Å². The van der Waals surface area contributed by atoms with Gasteiger partial charge >= 0.3 is 0 Å². The van der Waals surface area contributed by atoms with Crippen molar-refractivity contribution in [1.29, 1.82) is 0 Å². The van der Waals surface area contributed by atoms with E-state index in [1.54, 1.807) is 0 Å². The Labute approximate surface area is 199 Å². The van der Waals surface area contributed by atoms with Crippen molar-refractivity contribution in [2.24, 2.45) is 46.7 Å². The van der Waals surface area contributed by atoms with Crippen LogP contribution in [-0.4, -0.2) is 17.1 Å². The standard InChI is InChI=1S/C25H43N.C2H6.CH4OS/c1-4-25-22-14-12-18(10-7-8-17(2)3)21(22)13-15-23(25)20-11-6-5-9-19(20)16-24(25)26;1-2;2-1-3/h18-24H,2,4-16,26H2,1,3H3;1-2H3;2-3H,1H2. The number of rotatable bonds is 5. The Hall–Kier alpha value is 0.0100. The Morgan fingerprint density at radius 2 is 1.65 bits per heavy atom. The Morgan fingerprint density at radius 1 is 1.03 bits per heavy atom. The minimum Gasteiger partial charge on any atom is -0.386 e. The maximum atomic E-state index is 7.43. The molecule has 0 aromatic heterocycles. The summed E-state index contributed by atoms with van der Waals surface area (Å²) in [5.41, 5.74) is 8.93. The van der Waals surface area contributed by atoms with E-state index >= 15 is 0 Å². The Balaban J connectivity index is 0.000000630.